The molecule has 0 bridgehead atoms. The number of rotatable bonds is 5. The van der Waals surface area contributed by atoms with E-state index in [1.165, 1.54) is 19.1 Å². The van der Waals surface area contributed by atoms with Crippen molar-refractivity contribution in [3.8, 4) is 6.07 Å². The van der Waals surface area contributed by atoms with Gasteiger partial charge in [-0.25, -0.2) is 9.78 Å². The number of imidazole rings is 1. The molecule has 2 aromatic heterocycles. The van der Waals surface area contributed by atoms with Gasteiger partial charge in [0.15, 0.2) is 0 Å². The Morgan fingerprint density at radius 1 is 1.33 bits per heavy atom. The van der Waals surface area contributed by atoms with Crippen molar-refractivity contribution in [3.05, 3.63) is 46.1 Å². The Labute approximate surface area is 172 Å². The number of carbonyl (C=O) groups is 2. The summed E-state index contributed by atoms with van der Waals surface area (Å²) in [6.07, 6.45) is -4.76. The Hall–Kier alpha value is -3.39. The van der Waals surface area contributed by atoms with Gasteiger partial charge in [0.2, 0.25) is 11.7 Å². The third-order valence-corrected chi connectivity index (χ3v) is 5.37. The average molecular weight is 436 g/mol. The highest BCUT2D eigenvalue weighted by atomic mass is 32.1. The third-order valence-electron chi connectivity index (χ3n) is 4.18. The molecule has 0 saturated heterocycles. The van der Waals surface area contributed by atoms with Crippen LogP contribution in [0.1, 0.15) is 33.5 Å². The normalized spacial score (nSPS) is 11.3. The van der Waals surface area contributed by atoms with Crippen molar-refractivity contribution in [2.75, 3.05) is 11.9 Å². The first kappa shape index (κ1) is 21.3. The maximum absolute atomic E-state index is 13.4. The third kappa shape index (κ3) is 3.99. The molecule has 0 spiro atoms. The molecule has 1 amide bonds. The molecule has 3 rings (SSSR count). The highest BCUT2D eigenvalue weighted by Gasteiger charge is 2.38. The quantitative estimate of drug-likeness (QED) is 0.607. The summed E-state index contributed by atoms with van der Waals surface area (Å²) in [6.45, 7) is 2.62. The van der Waals surface area contributed by atoms with E-state index in [1.54, 1.807) is 19.1 Å². The largest absolute Gasteiger partial charge is 0.462 e. The monoisotopic (exact) mass is 436 g/mol. The zero-order chi connectivity index (χ0) is 22.1. The summed E-state index contributed by atoms with van der Waals surface area (Å²) in [5.74, 6) is -2.64. The molecule has 1 N–H and O–H groups in total. The van der Waals surface area contributed by atoms with Crippen LogP contribution in [-0.2, 0) is 22.3 Å². The second-order valence-corrected chi connectivity index (χ2v) is 7.17. The molecule has 0 unspecified atom stereocenters. The van der Waals surface area contributed by atoms with Crippen LogP contribution < -0.4 is 5.32 Å². The lowest BCUT2D eigenvalue weighted by Crippen LogP contribution is -2.23. The van der Waals surface area contributed by atoms with Gasteiger partial charge in [-0.05, 0) is 31.5 Å². The van der Waals surface area contributed by atoms with Gasteiger partial charge in [-0.1, -0.05) is 12.1 Å². The minimum atomic E-state index is -4.76. The lowest BCUT2D eigenvalue weighted by Gasteiger charge is -2.11. The van der Waals surface area contributed by atoms with Crippen LogP contribution >= 0.6 is 11.3 Å². The van der Waals surface area contributed by atoms with Crippen molar-refractivity contribution in [2.45, 2.75) is 26.6 Å². The number of anilines is 1. The number of amides is 1. The number of carbonyl (C=O) groups excluding carboxylic acids is 2. The van der Waals surface area contributed by atoms with E-state index in [-0.39, 0.29) is 33.1 Å². The van der Waals surface area contributed by atoms with Crippen molar-refractivity contribution < 1.29 is 27.5 Å². The molecule has 11 heteroatoms. The van der Waals surface area contributed by atoms with Gasteiger partial charge in [0.05, 0.1) is 23.2 Å². The van der Waals surface area contributed by atoms with E-state index >= 15 is 0 Å². The van der Waals surface area contributed by atoms with Crippen LogP contribution in [0.2, 0.25) is 0 Å². The Morgan fingerprint density at radius 3 is 2.67 bits per heavy atom. The second-order valence-electron chi connectivity index (χ2n) is 6.15. The van der Waals surface area contributed by atoms with E-state index in [2.05, 4.69) is 10.3 Å². The minimum absolute atomic E-state index is 0.0583. The first-order chi connectivity index (χ1) is 14.2. The number of hydrogen-bond acceptors (Lipinski definition) is 6. The Kier molecular flexibility index (Phi) is 5.80. The summed E-state index contributed by atoms with van der Waals surface area (Å²) in [5, 5.41) is 11.9. The predicted molar refractivity (Wildman–Crippen MR) is 103 cm³/mol. The Bertz CT molecular complexity index is 1170. The van der Waals surface area contributed by atoms with Crippen molar-refractivity contribution in [1.82, 2.24) is 9.55 Å². The van der Waals surface area contributed by atoms with Crippen LogP contribution in [0.4, 0.5) is 18.2 Å². The molecule has 0 radical (unpaired) electrons. The van der Waals surface area contributed by atoms with Gasteiger partial charge < -0.3 is 14.6 Å². The lowest BCUT2D eigenvalue weighted by molar-refractivity contribution is -0.147. The molecule has 30 heavy (non-hydrogen) atoms. The van der Waals surface area contributed by atoms with Crippen molar-refractivity contribution in [3.63, 3.8) is 0 Å². The summed E-state index contributed by atoms with van der Waals surface area (Å²) in [7, 11) is 0. The smallest absolute Gasteiger partial charge is 0.449 e. The van der Waals surface area contributed by atoms with Crippen molar-refractivity contribution >= 4 is 39.2 Å². The van der Waals surface area contributed by atoms with Crippen LogP contribution in [0.15, 0.2) is 24.3 Å². The number of nitrogens with zero attached hydrogens (tertiary/aromatic N) is 3. The van der Waals surface area contributed by atoms with Crippen LogP contribution in [0.3, 0.4) is 0 Å². The number of hydrogen-bond donors (Lipinski definition) is 1. The zero-order valence-electron chi connectivity index (χ0n) is 15.8. The van der Waals surface area contributed by atoms with Gasteiger partial charge in [-0.15, -0.1) is 11.3 Å². The SMILES string of the molecule is CCOC(=O)c1sc(NC(=O)Cn2c(C(F)(F)F)nc3ccccc32)c(C#N)c1C. The highest BCUT2D eigenvalue weighted by molar-refractivity contribution is 7.18. The first-order valence-corrected chi connectivity index (χ1v) is 9.52. The molecule has 0 saturated carbocycles. The minimum Gasteiger partial charge on any atom is -0.462 e. The molecule has 2 heterocycles. The van der Waals surface area contributed by atoms with Gasteiger partial charge in [0.25, 0.3) is 0 Å². The number of ether oxygens (including phenoxy) is 1. The maximum atomic E-state index is 13.4. The fourth-order valence-corrected chi connectivity index (χ4v) is 3.96. The van der Waals surface area contributed by atoms with Crippen molar-refractivity contribution in [1.29, 1.82) is 5.26 Å². The topological polar surface area (TPSA) is 97.0 Å². The number of esters is 1. The highest BCUT2D eigenvalue weighted by Crippen LogP contribution is 2.34. The Balaban J connectivity index is 1.93. The van der Waals surface area contributed by atoms with E-state index in [4.69, 9.17) is 4.74 Å². The average Bonchev–Trinajstić information content (AvgIpc) is 3.20. The molecule has 1 aromatic carbocycles. The maximum Gasteiger partial charge on any atom is 0.449 e. The van der Waals surface area contributed by atoms with E-state index in [0.29, 0.717) is 5.56 Å². The van der Waals surface area contributed by atoms with Gasteiger partial charge in [0, 0.05) is 0 Å². The number of nitrogens with one attached hydrogen (secondary N) is 1. The summed E-state index contributed by atoms with van der Waals surface area (Å²) in [4.78, 5) is 28.3. The number of nitriles is 1. The number of aromatic nitrogens is 2. The van der Waals surface area contributed by atoms with Gasteiger partial charge >= 0.3 is 12.1 Å². The van der Waals surface area contributed by atoms with Gasteiger partial charge in [0.1, 0.15) is 22.5 Å². The molecular weight excluding hydrogens is 421 g/mol. The van der Waals surface area contributed by atoms with Crippen molar-refractivity contribution in [2.24, 2.45) is 0 Å². The molecule has 0 aliphatic heterocycles. The number of halogens is 3. The summed E-state index contributed by atoms with van der Waals surface area (Å²) in [6, 6.07) is 7.84. The van der Waals surface area contributed by atoms with Crippen LogP contribution in [0.25, 0.3) is 11.0 Å². The predicted octanol–water partition coefficient (Wildman–Crippen LogP) is 4.11. The van der Waals surface area contributed by atoms with Crippen LogP contribution in [-0.4, -0.2) is 28.0 Å². The first-order valence-electron chi connectivity index (χ1n) is 8.70. The Morgan fingerprint density at radius 2 is 2.03 bits per heavy atom. The standard InChI is InChI=1S/C19H15F3N4O3S/c1-3-29-17(28)15-10(2)11(8-23)16(30-15)25-14(27)9-26-13-7-5-4-6-12(13)24-18(26)19(20,21)22/h4-7H,3,9H2,1-2H3,(H,25,27). The molecule has 0 atom stereocenters. The summed E-state index contributed by atoms with van der Waals surface area (Å²) >= 11 is 0.837. The van der Waals surface area contributed by atoms with Gasteiger partial charge in [-0.2, -0.15) is 18.4 Å². The molecular formula is C19H15F3N4O3S. The van der Waals surface area contributed by atoms with E-state index in [0.717, 1.165) is 15.9 Å². The molecule has 3 aromatic rings. The fraction of sp³-hybridized carbons (Fsp3) is 0.263. The van der Waals surface area contributed by atoms with Crippen LogP contribution in [0, 0.1) is 18.3 Å². The number of benzene rings is 1. The second kappa shape index (κ2) is 8.16. The fourth-order valence-electron chi connectivity index (χ4n) is 2.89. The van der Waals surface area contributed by atoms with Crippen LogP contribution in [0.5, 0.6) is 0 Å². The molecule has 7 nitrogen and oxygen atoms in total. The number of fused-ring (bicyclic) bond motifs is 1. The molecule has 0 aliphatic rings. The zero-order valence-corrected chi connectivity index (χ0v) is 16.6. The number of para-hydroxylation sites is 2. The molecule has 0 aliphatic carbocycles. The van der Waals surface area contributed by atoms with Gasteiger partial charge in [-0.3, -0.25) is 4.79 Å². The lowest BCUT2D eigenvalue weighted by atomic mass is 10.2. The molecule has 156 valence electrons. The number of alkyl halides is 3. The van der Waals surface area contributed by atoms with E-state index < -0.39 is 30.4 Å². The number of thiophene rings is 1. The van der Waals surface area contributed by atoms with E-state index in [9.17, 15) is 28.0 Å². The summed E-state index contributed by atoms with van der Waals surface area (Å²) in [5.41, 5.74) is 0.644. The molecule has 0 fully saturated rings. The van der Waals surface area contributed by atoms with E-state index in [1.807, 2.05) is 6.07 Å². The summed E-state index contributed by atoms with van der Waals surface area (Å²) < 4.78 is 45.9.